The molecule has 2 atom stereocenters. The molecule has 3 heterocycles. The predicted octanol–water partition coefficient (Wildman–Crippen LogP) is 0.405. The molecule has 0 aliphatic carbocycles. The zero-order valence-electron chi connectivity index (χ0n) is 12.7. The number of carbonyl (C=O) groups excluding carboxylic acids is 2. The summed E-state index contributed by atoms with van der Waals surface area (Å²) in [5.41, 5.74) is -0.379. The molecule has 0 N–H and O–H groups in total. The highest BCUT2D eigenvalue weighted by molar-refractivity contribution is 5.81. The molecule has 21 heavy (non-hydrogen) atoms. The van der Waals surface area contributed by atoms with Crippen LogP contribution in [0.3, 0.4) is 0 Å². The lowest BCUT2D eigenvalue weighted by atomic mass is 9.90. The van der Waals surface area contributed by atoms with Gasteiger partial charge in [-0.2, -0.15) is 0 Å². The second kappa shape index (κ2) is 5.93. The largest absolute Gasteiger partial charge is 0.369 e. The number of hydrogen-bond acceptors (Lipinski definition) is 4. The first-order valence-corrected chi connectivity index (χ1v) is 7.90. The third-order valence-electron chi connectivity index (χ3n) is 4.75. The number of rotatable bonds is 1. The van der Waals surface area contributed by atoms with E-state index in [1.165, 1.54) is 0 Å². The zero-order valence-corrected chi connectivity index (χ0v) is 12.7. The van der Waals surface area contributed by atoms with Gasteiger partial charge in [-0.1, -0.05) is 0 Å². The van der Waals surface area contributed by atoms with Crippen LogP contribution < -0.4 is 0 Å². The van der Waals surface area contributed by atoms with Crippen LogP contribution in [0.2, 0.25) is 0 Å². The summed E-state index contributed by atoms with van der Waals surface area (Å²) in [6, 6.07) is 0. The van der Waals surface area contributed by atoms with Crippen molar-refractivity contribution in [3.63, 3.8) is 0 Å². The van der Waals surface area contributed by atoms with E-state index < -0.39 is 0 Å². The number of hydrogen-bond donors (Lipinski definition) is 0. The normalized spacial score (nSPS) is 33.5. The number of ether oxygens (including phenoxy) is 2. The maximum Gasteiger partial charge on any atom is 0.251 e. The van der Waals surface area contributed by atoms with Crippen molar-refractivity contribution in [2.24, 2.45) is 0 Å². The topological polar surface area (TPSA) is 59.1 Å². The molecule has 3 aliphatic rings. The molecule has 2 amide bonds. The summed E-state index contributed by atoms with van der Waals surface area (Å²) in [5, 5.41) is 0. The zero-order chi connectivity index (χ0) is 14.9. The molecular formula is C15H24N2O4. The number of nitrogens with zero attached hydrogens (tertiary/aromatic N) is 2. The molecule has 3 saturated heterocycles. The van der Waals surface area contributed by atoms with E-state index in [9.17, 15) is 9.59 Å². The average molecular weight is 296 g/mol. The van der Waals surface area contributed by atoms with Crippen LogP contribution in [0.5, 0.6) is 0 Å². The Hall–Kier alpha value is -1.14. The van der Waals surface area contributed by atoms with Gasteiger partial charge in [0.15, 0.2) is 0 Å². The second-order valence-corrected chi connectivity index (χ2v) is 6.34. The minimum Gasteiger partial charge on any atom is -0.369 e. The van der Waals surface area contributed by atoms with Crippen molar-refractivity contribution in [1.29, 1.82) is 0 Å². The Kier molecular flexibility index (Phi) is 4.17. The quantitative estimate of drug-likeness (QED) is 0.703. The second-order valence-electron chi connectivity index (χ2n) is 6.34. The van der Waals surface area contributed by atoms with Crippen LogP contribution >= 0.6 is 0 Å². The van der Waals surface area contributed by atoms with Crippen LogP contribution in [0.25, 0.3) is 0 Å². The number of morpholine rings is 1. The highest BCUT2D eigenvalue weighted by atomic mass is 16.5. The summed E-state index contributed by atoms with van der Waals surface area (Å²) in [6.45, 7) is 5.42. The molecule has 0 aromatic rings. The highest BCUT2D eigenvalue weighted by Gasteiger charge is 2.43. The van der Waals surface area contributed by atoms with Crippen molar-refractivity contribution in [3.8, 4) is 0 Å². The minimum atomic E-state index is -0.379. The van der Waals surface area contributed by atoms with E-state index in [-0.39, 0.29) is 23.5 Å². The van der Waals surface area contributed by atoms with E-state index in [4.69, 9.17) is 9.47 Å². The van der Waals surface area contributed by atoms with E-state index in [1.54, 1.807) is 6.92 Å². The van der Waals surface area contributed by atoms with Crippen molar-refractivity contribution < 1.29 is 19.1 Å². The fraction of sp³-hybridized carbons (Fsp3) is 0.867. The first-order chi connectivity index (χ1) is 10.1. The lowest BCUT2D eigenvalue weighted by Crippen LogP contribution is -2.62. The van der Waals surface area contributed by atoms with E-state index in [0.717, 1.165) is 32.2 Å². The Morgan fingerprint density at radius 2 is 1.90 bits per heavy atom. The van der Waals surface area contributed by atoms with Gasteiger partial charge in [-0.3, -0.25) is 9.59 Å². The van der Waals surface area contributed by atoms with Crippen molar-refractivity contribution in [3.05, 3.63) is 0 Å². The lowest BCUT2D eigenvalue weighted by molar-refractivity contribution is -0.170. The third kappa shape index (κ3) is 3.06. The van der Waals surface area contributed by atoms with Crippen LogP contribution in [0.4, 0.5) is 0 Å². The Morgan fingerprint density at radius 1 is 1.10 bits per heavy atom. The lowest BCUT2D eigenvalue weighted by Gasteiger charge is -2.48. The molecular weight excluding hydrogens is 272 g/mol. The SMILES string of the molecule is CC(=O)N1CCC[C@]2(C1)CN(C(=O)[C@@H]1CCCO1)CCO2. The van der Waals surface area contributed by atoms with E-state index in [2.05, 4.69) is 0 Å². The average Bonchev–Trinajstić information content (AvgIpc) is 3.00. The van der Waals surface area contributed by atoms with E-state index in [1.807, 2.05) is 9.80 Å². The molecule has 0 bridgehead atoms. The molecule has 0 radical (unpaired) electrons. The Labute approximate surface area is 125 Å². The van der Waals surface area contributed by atoms with Gasteiger partial charge in [0.2, 0.25) is 5.91 Å². The van der Waals surface area contributed by atoms with Crippen LogP contribution in [0.15, 0.2) is 0 Å². The van der Waals surface area contributed by atoms with Crippen molar-refractivity contribution >= 4 is 11.8 Å². The van der Waals surface area contributed by atoms with Gasteiger partial charge in [0.1, 0.15) is 11.7 Å². The summed E-state index contributed by atoms with van der Waals surface area (Å²) in [4.78, 5) is 27.8. The molecule has 0 unspecified atom stereocenters. The molecule has 0 saturated carbocycles. The summed E-state index contributed by atoms with van der Waals surface area (Å²) in [7, 11) is 0. The van der Waals surface area contributed by atoms with E-state index in [0.29, 0.717) is 32.8 Å². The predicted molar refractivity (Wildman–Crippen MR) is 75.7 cm³/mol. The molecule has 1 spiro atoms. The Morgan fingerprint density at radius 3 is 2.62 bits per heavy atom. The summed E-state index contributed by atoms with van der Waals surface area (Å²) in [5.74, 6) is 0.176. The maximum absolute atomic E-state index is 12.5. The number of piperidine rings is 1. The van der Waals surface area contributed by atoms with Gasteiger partial charge in [-0.05, 0) is 25.7 Å². The van der Waals surface area contributed by atoms with Gasteiger partial charge in [0.25, 0.3) is 5.91 Å². The standard InChI is InChI=1S/C15H24N2O4/c1-12(18)16-6-3-5-15(10-16)11-17(7-9-21-15)14(19)13-4-2-8-20-13/h13H,2-11H2,1H3/t13-,15-/m0/s1. The van der Waals surface area contributed by atoms with Gasteiger partial charge in [-0.25, -0.2) is 0 Å². The van der Waals surface area contributed by atoms with Crippen LogP contribution in [-0.4, -0.2) is 72.7 Å². The first kappa shape index (κ1) is 14.8. The van der Waals surface area contributed by atoms with Crippen molar-refractivity contribution in [2.45, 2.75) is 44.3 Å². The minimum absolute atomic E-state index is 0.0836. The molecule has 3 aliphatic heterocycles. The van der Waals surface area contributed by atoms with Gasteiger partial charge in [0.05, 0.1) is 19.7 Å². The first-order valence-electron chi connectivity index (χ1n) is 7.90. The maximum atomic E-state index is 12.5. The number of carbonyl (C=O) groups is 2. The van der Waals surface area contributed by atoms with Crippen LogP contribution in [-0.2, 0) is 19.1 Å². The van der Waals surface area contributed by atoms with Crippen LogP contribution in [0.1, 0.15) is 32.6 Å². The summed E-state index contributed by atoms with van der Waals surface area (Å²) in [6.07, 6.45) is 3.35. The molecule has 118 valence electrons. The van der Waals surface area contributed by atoms with E-state index >= 15 is 0 Å². The summed E-state index contributed by atoms with van der Waals surface area (Å²) < 4.78 is 11.5. The third-order valence-corrected chi connectivity index (χ3v) is 4.75. The molecule has 0 aromatic heterocycles. The number of likely N-dealkylation sites (tertiary alicyclic amines) is 1. The van der Waals surface area contributed by atoms with Crippen molar-refractivity contribution in [1.82, 2.24) is 9.80 Å². The van der Waals surface area contributed by atoms with Crippen molar-refractivity contribution in [2.75, 3.05) is 39.4 Å². The van der Waals surface area contributed by atoms with Gasteiger partial charge in [0, 0.05) is 26.6 Å². The van der Waals surface area contributed by atoms with Crippen LogP contribution in [0, 0.1) is 0 Å². The molecule has 3 rings (SSSR count). The monoisotopic (exact) mass is 296 g/mol. The number of amides is 2. The van der Waals surface area contributed by atoms with Gasteiger partial charge < -0.3 is 19.3 Å². The molecule has 6 heteroatoms. The molecule has 3 fully saturated rings. The van der Waals surface area contributed by atoms with Gasteiger partial charge >= 0.3 is 0 Å². The fourth-order valence-electron chi connectivity index (χ4n) is 3.62. The Bertz CT molecular complexity index is 418. The molecule has 0 aromatic carbocycles. The smallest absolute Gasteiger partial charge is 0.251 e. The Balaban J connectivity index is 1.67. The fourth-order valence-corrected chi connectivity index (χ4v) is 3.62. The molecule has 6 nitrogen and oxygen atoms in total. The summed E-state index contributed by atoms with van der Waals surface area (Å²) >= 11 is 0. The van der Waals surface area contributed by atoms with Gasteiger partial charge in [-0.15, -0.1) is 0 Å². The highest BCUT2D eigenvalue weighted by Crippen LogP contribution is 2.30.